The summed E-state index contributed by atoms with van der Waals surface area (Å²) in [6.07, 6.45) is 1.69. The molecule has 21 heavy (non-hydrogen) atoms. The highest BCUT2D eigenvalue weighted by Crippen LogP contribution is 2.09. The Balaban J connectivity index is 2.41. The zero-order chi connectivity index (χ0) is 16.1. The first-order chi connectivity index (χ1) is 9.63. The van der Waals surface area contributed by atoms with Crippen LogP contribution < -0.4 is 10.6 Å². The Kier molecular flexibility index (Phi) is 5.84. The van der Waals surface area contributed by atoms with Gasteiger partial charge in [-0.05, 0) is 53.7 Å². The number of ether oxygens (including phenoxy) is 1. The number of alkyl carbamates (subject to hydrolysis) is 1. The van der Waals surface area contributed by atoms with E-state index in [2.05, 4.69) is 48.2 Å². The molecule has 0 aliphatic heterocycles. The molecular weight excluding hydrogens is 266 g/mol. The Morgan fingerprint density at radius 1 is 1.29 bits per heavy atom. The van der Waals surface area contributed by atoms with Crippen molar-refractivity contribution in [3.63, 3.8) is 0 Å². The zero-order valence-electron chi connectivity index (χ0n) is 14.1. The average molecular weight is 295 g/mol. The summed E-state index contributed by atoms with van der Waals surface area (Å²) in [6, 6.07) is 4.15. The maximum absolute atomic E-state index is 11.7. The Hall–Kier alpha value is -1.49. The molecule has 0 unspecified atom stereocenters. The first kappa shape index (κ1) is 17.6. The summed E-state index contributed by atoms with van der Waals surface area (Å²) in [7, 11) is 0. The van der Waals surface area contributed by atoms with E-state index in [-0.39, 0.29) is 11.6 Å². The van der Waals surface area contributed by atoms with Gasteiger partial charge in [0.25, 0.3) is 0 Å². The lowest BCUT2D eigenvalue weighted by atomic mass is 10.1. The Bertz CT molecular complexity index is 458. The number of rotatable bonds is 6. The maximum Gasteiger partial charge on any atom is 0.407 e. The lowest BCUT2D eigenvalue weighted by Gasteiger charge is -2.28. The third-order valence-electron chi connectivity index (χ3n) is 3.09. The molecule has 0 bridgehead atoms. The molecule has 1 amide bonds. The van der Waals surface area contributed by atoms with E-state index in [1.165, 1.54) is 5.69 Å². The van der Waals surface area contributed by atoms with Crippen molar-refractivity contribution in [1.82, 2.24) is 15.2 Å². The number of carbonyl (C=O) groups is 1. The monoisotopic (exact) mass is 295 g/mol. The van der Waals surface area contributed by atoms with Crippen molar-refractivity contribution in [2.45, 2.75) is 65.8 Å². The van der Waals surface area contributed by atoms with E-state index < -0.39 is 5.60 Å². The molecule has 0 aliphatic rings. The molecule has 1 rings (SSSR count). The Labute approximate surface area is 128 Å². The fourth-order valence-corrected chi connectivity index (χ4v) is 1.92. The topological polar surface area (TPSA) is 55.3 Å². The predicted molar refractivity (Wildman–Crippen MR) is 85.3 cm³/mol. The van der Waals surface area contributed by atoms with Crippen molar-refractivity contribution in [3.05, 3.63) is 24.0 Å². The third kappa shape index (κ3) is 6.67. The van der Waals surface area contributed by atoms with Gasteiger partial charge in [0.05, 0.1) is 0 Å². The minimum atomic E-state index is -0.469. The molecule has 0 fully saturated rings. The van der Waals surface area contributed by atoms with E-state index in [1.807, 2.05) is 26.8 Å². The SMILES string of the molecule is CCn1cccc1CNC(C)(C)CNC(=O)OC(C)(C)C. The van der Waals surface area contributed by atoms with Crippen LogP contribution in [0.3, 0.4) is 0 Å². The first-order valence-electron chi connectivity index (χ1n) is 7.49. The molecule has 0 saturated heterocycles. The number of hydrogen-bond acceptors (Lipinski definition) is 3. The minimum Gasteiger partial charge on any atom is -0.444 e. The summed E-state index contributed by atoms with van der Waals surface area (Å²) >= 11 is 0. The zero-order valence-corrected chi connectivity index (χ0v) is 14.1. The van der Waals surface area contributed by atoms with Gasteiger partial charge in [-0.1, -0.05) is 0 Å². The van der Waals surface area contributed by atoms with Crippen LogP contribution in [0.4, 0.5) is 4.79 Å². The maximum atomic E-state index is 11.7. The van der Waals surface area contributed by atoms with Crippen LogP contribution in [0.1, 0.15) is 47.2 Å². The van der Waals surface area contributed by atoms with Gasteiger partial charge in [0.15, 0.2) is 0 Å². The van der Waals surface area contributed by atoms with Gasteiger partial charge in [-0.15, -0.1) is 0 Å². The Morgan fingerprint density at radius 2 is 1.95 bits per heavy atom. The van der Waals surface area contributed by atoms with Crippen molar-refractivity contribution in [1.29, 1.82) is 0 Å². The van der Waals surface area contributed by atoms with Crippen LogP contribution in [-0.2, 0) is 17.8 Å². The smallest absolute Gasteiger partial charge is 0.407 e. The van der Waals surface area contributed by atoms with Crippen LogP contribution in [-0.4, -0.2) is 28.3 Å². The van der Waals surface area contributed by atoms with E-state index in [4.69, 9.17) is 4.74 Å². The largest absolute Gasteiger partial charge is 0.444 e. The fraction of sp³-hybridized carbons (Fsp3) is 0.688. The number of amides is 1. The van der Waals surface area contributed by atoms with Gasteiger partial charge in [-0.2, -0.15) is 0 Å². The second-order valence-corrected chi connectivity index (χ2v) is 6.88. The molecule has 1 aromatic heterocycles. The van der Waals surface area contributed by atoms with Gasteiger partial charge in [-0.25, -0.2) is 4.79 Å². The van der Waals surface area contributed by atoms with Crippen LogP contribution in [0.5, 0.6) is 0 Å². The summed E-state index contributed by atoms with van der Waals surface area (Å²) in [6.45, 7) is 14.0. The van der Waals surface area contributed by atoms with E-state index in [0.717, 1.165) is 13.1 Å². The Morgan fingerprint density at radius 3 is 2.52 bits per heavy atom. The van der Waals surface area contributed by atoms with E-state index in [0.29, 0.717) is 6.54 Å². The molecule has 2 N–H and O–H groups in total. The van der Waals surface area contributed by atoms with Crippen molar-refractivity contribution >= 4 is 6.09 Å². The summed E-state index contributed by atoms with van der Waals surface area (Å²) in [4.78, 5) is 11.7. The van der Waals surface area contributed by atoms with Crippen LogP contribution in [0.2, 0.25) is 0 Å². The molecule has 1 heterocycles. The highest BCUT2D eigenvalue weighted by Gasteiger charge is 2.21. The molecule has 120 valence electrons. The number of hydrogen-bond donors (Lipinski definition) is 2. The van der Waals surface area contributed by atoms with E-state index in [9.17, 15) is 4.79 Å². The number of nitrogens with zero attached hydrogens (tertiary/aromatic N) is 1. The standard InChI is InChI=1S/C16H29N3O2/c1-7-19-10-8-9-13(19)11-18-16(5,6)12-17-14(20)21-15(2,3)4/h8-10,18H,7,11-12H2,1-6H3,(H,17,20). The molecule has 0 saturated carbocycles. The van der Waals surface area contributed by atoms with E-state index >= 15 is 0 Å². The highest BCUT2D eigenvalue weighted by atomic mass is 16.6. The molecule has 0 radical (unpaired) electrons. The molecule has 0 aromatic carbocycles. The predicted octanol–water partition coefficient (Wildman–Crippen LogP) is 2.90. The molecular formula is C16H29N3O2. The third-order valence-corrected chi connectivity index (χ3v) is 3.09. The molecule has 5 nitrogen and oxygen atoms in total. The molecule has 0 aliphatic carbocycles. The summed E-state index contributed by atoms with van der Waals surface area (Å²) in [5, 5.41) is 6.27. The van der Waals surface area contributed by atoms with Crippen LogP contribution in [0, 0.1) is 0 Å². The second-order valence-electron chi connectivity index (χ2n) is 6.88. The van der Waals surface area contributed by atoms with Gasteiger partial charge < -0.3 is 19.9 Å². The van der Waals surface area contributed by atoms with Gasteiger partial charge in [0, 0.05) is 37.1 Å². The fourth-order valence-electron chi connectivity index (χ4n) is 1.92. The lowest BCUT2D eigenvalue weighted by Crippen LogP contribution is -2.49. The van der Waals surface area contributed by atoms with Crippen LogP contribution in [0.15, 0.2) is 18.3 Å². The molecule has 0 atom stereocenters. The van der Waals surface area contributed by atoms with Gasteiger partial charge in [0.2, 0.25) is 0 Å². The minimum absolute atomic E-state index is 0.209. The van der Waals surface area contributed by atoms with Crippen LogP contribution >= 0.6 is 0 Å². The van der Waals surface area contributed by atoms with Gasteiger partial charge in [0.1, 0.15) is 5.60 Å². The number of aryl methyl sites for hydroxylation is 1. The second kappa shape index (κ2) is 6.98. The van der Waals surface area contributed by atoms with Gasteiger partial charge >= 0.3 is 6.09 Å². The summed E-state index contributed by atoms with van der Waals surface area (Å²) in [5.41, 5.74) is 0.562. The summed E-state index contributed by atoms with van der Waals surface area (Å²) < 4.78 is 7.44. The summed E-state index contributed by atoms with van der Waals surface area (Å²) in [5.74, 6) is 0. The number of nitrogens with one attached hydrogen (secondary N) is 2. The molecule has 0 spiro atoms. The van der Waals surface area contributed by atoms with Crippen LogP contribution in [0.25, 0.3) is 0 Å². The van der Waals surface area contributed by atoms with Crippen molar-refractivity contribution in [2.75, 3.05) is 6.54 Å². The average Bonchev–Trinajstić information content (AvgIpc) is 2.80. The van der Waals surface area contributed by atoms with Gasteiger partial charge in [-0.3, -0.25) is 0 Å². The number of carbonyl (C=O) groups excluding carboxylic acids is 1. The normalized spacial score (nSPS) is 12.3. The van der Waals surface area contributed by atoms with E-state index in [1.54, 1.807) is 0 Å². The first-order valence-corrected chi connectivity index (χ1v) is 7.49. The highest BCUT2D eigenvalue weighted by molar-refractivity contribution is 5.67. The quantitative estimate of drug-likeness (QED) is 0.848. The lowest BCUT2D eigenvalue weighted by molar-refractivity contribution is 0.0513. The van der Waals surface area contributed by atoms with Crippen molar-refractivity contribution in [2.24, 2.45) is 0 Å². The van der Waals surface area contributed by atoms with Crippen molar-refractivity contribution in [3.8, 4) is 0 Å². The number of aromatic nitrogens is 1. The molecule has 5 heteroatoms. The van der Waals surface area contributed by atoms with Crippen molar-refractivity contribution < 1.29 is 9.53 Å². The molecule has 1 aromatic rings.